The van der Waals surface area contributed by atoms with E-state index in [-0.39, 0.29) is 11.9 Å². The molecule has 0 bridgehead atoms. The van der Waals surface area contributed by atoms with Crippen molar-refractivity contribution < 1.29 is 4.79 Å². The van der Waals surface area contributed by atoms with Gasteiger partial charge in [-0.05, 0) is 45.6 Å². The number of piperidine rings is 1. The second kappa shape index (κ2) is 4.89. The summed E-state index contributed by atoms with van der Waals surface area (Å²) >= 11 is 0. The van der Waals surface area contributed by atoms with Crippen molar-refractivity contribution >= 4 is 5.91 Å². The van der Waals surface area contributed by atoms with E-state index in [1.807, 2.05) is 6.92 Å². The molecule has 1 spiro atoms. The third-order valence-electron chi connectivity index (χ3n) is 4.29. The number of nitrogens with one attached hydrogen (secondary N) is 2. The number of aromatic nitrogens is 2. The summed E-state index contributed by atoms with van der Waals surface area (Å²) in [5.74, 6) is -0.103. The lowest BCUT2D eigenvalue weighted by Gasteiger charge is -2.48. The largest absolute Gasteiger partial charge is 0.348 e. The highest BCUT2D eigenvalue weighted by Gasteiger charge is 2.41. The molecule has 1 aromatic rings. The molecule has 3 rings (SSSR count). The summed E-state index contributed by atoms with van der Waals surface area (Å²) < 4.78 is 0. The van der Waals surface area contributed by atoms with Crippen LogP contribution >= 0.6 is 0 Å². The van der Waals surface area contributed by atoms with Gasteiger partial charge in [0.1, 0.15) is 5.69 Å². The number of rotatable bonds is 2. The van der Waals surface area contributed by atoms with E-state index in [2.05, 4.69) is 20.6 Å². The first-order valence-electron chi connectivity index (χ1n) is 7.01. The summed E-state index contributed by atoms with van der Waals surface area (Å²) in [5, 5.41) is 6.70. The monoisotopic (exact) mass is 260 g/mol. The summed E-state index contributed by atoms with van der Waals surface area (Å²) in [4.78, 5) is 20.3. The third kappa shape index (κ3) is 2.61. The third-order valence-corrected chi connectivity index (χ3v) is 4.29. The highest BCUT2D eigenvalue weighted by Crippen LogP contribution is 2.38. The average Bonchev–Trinajstić information content (AvgIpc) is 2.38. The van der Waals surface area contributed by atoms with Crippen molar-refractivity contribution in [1.82, 2.24) is 20.6 Å². The van der Waals surface area contributed by atoms with E-state index in [0.717, 1.165) is 25.1 Å². The molecule has 0 aromatic carbocycles. The highest BCUT2D eigenvalue weighted by molar-refractivity contribution is 5.92. The lowest BCUT2D eigenvalue weighted by atomic mass is 9.70. The van der Waals surface area contributed by atoms with Crippen molar-refractivity contribution in [2.45, 2.75) is 50.6 Å². The minimum Gasteiger partial charge on any atom is -0.348 e. The Morgan fingerprint density at radius 2 is 2.26 bits per heavy atom. The van der Waals surface area contributed by atoms with E-state index in [4.69, 9.17) is 0 Å². The smallest absolute Gasteiger partial charge is 0.271 e. The molecule has 1 atom stereocenters. The van der Waals surface area contributed by atoms with Gasteiger partial charge >= 0.3 is 0 Å². The summed E-state index contributed by atoms with van der Waals surface area (Å²) in [6, 6.07) is 0.261. The molecule has 1 saturated carbocycles. The van der Waals surface area contributed by atoms with E-state index in [0.29, 0.717) is 11.2 Å². The number of aryl methyl sites for hydroxylation is 1. The predicted octanol–water partition coefficient (Wildman–Crippen LogP) is 1.19. The molecule has 5 nitrogen and oxygen atoms in total. The zero-order valence-corrected chi connectivity index (χ0v) is 11.3. The predicted molar refractivity (Wildman–Crippen MR) is 71.8 cm³/mol. The standard InChI is InChI=1S/C14H20N4O/c1-10-8-16-12(9-15-10)13(19)18-11-3-6-17-14(7-11)4-2-5-14/h8-9,11,17H,2-7H2,1H3,(H,18,19). The summed E-state index contributed by atoms with van der Waals surface area (Å²) in [7, 11) is 0. The Balaban J connectivity index is 1.61. The molecule has 1 unspecified atom stereocenters. The van der Waals surface area contributed by atoms with Crippen molar-refractivity contribution in [2.75, 3.05) is 6.54 Å². The van der Waals surface area contributed by atoms with Crippen LogP contribution in [-0.4, -0.2) is 34.0 Å². The first-order chi connectivity index (χ1) is 9.17. The summed E-state index contributed by atoms with van der Waals surface area (Å²) in [6.45, 7) is 2.85. The number of hydrogen-bond acceptors (Lipinski definition) is 4. The first-order valence-corrected chi connectivity index (χ1v) is 7.01. The number of carbonyl (C=O) groups excluding carboxylic acids is 1. The maximum Gasteiger partial charge on any atom is 0.271 e. The quantitative estimate of drug-likeness (QED) is 0.838. The topological polar surface area (TPSA) is 66.9 Å². The van der Waals surface area contributed by atoms with Gasteiger partial charge in [0.15, 0.2) is 0 Å². The Morgan fingerprint density at radius 3 is 2.89 bits per heavy atom. The zero-order valence-electron chi connectivity index (χ0n) is 11.3. The molecular formula is C14H20N4O. The molecule has 0 radical (unpaired) electrons. The minimum atomic E-state index is -0.103. The Hall–Kier alpha value is -1.49. The molecule has 1 aliphatic carbocycles. The fourth-order valence-electron chi connectivity index (χ4n) is 3.03. The molecule has 1 aliphatic heterocycles. The van der Waals surface area contributed by atoms with Crippen LogP contribution in [0.25, 0.3) is 0 Å². The Bertz CT molecular complexity index is 467. The molecular weight excluding hydrogens is 240 g/mol. The Morgan fingerprint density at radius 1 is 1.42 bits per heavy atom. The maximum atomic E-state index is 12.1. The van der Waals surface area contributed by atoms with Crippen LogP contribution in [0.2, 0.25) is 0 Å². The van der Waals surface area contributed by atoms with Gasteiger partial charge in [-0.2, -0.15) is 0 Å². The van der Waals surface area contributed by atoms with Gasteiger partial charge in [-0.3, -0.25) is 9.78 Å². The SMILES string of the molecule is Cc1cnc(C(=O)NC2CCNC3(CCC3)C2)cn1. The van der Waals surface area contributed by atoms with Gasteiger partial charge in [0, 0.05) is 17.8 Å². The minimum absolute atomic E-state index is 0.103. The van der Waals surface area contributed by atoms with Crippen LogP contribution in [0.5, 0.6) is 0 Å². The van der Waals surface area contributed by atoms with Gasteiger partial charge in [-0.15, -0.1) is 0 Å². The maximum absolute atomic E-state index is 12.1. The summed E-state index contributed by atoms with van der Waals surface area (Å²) in [6.07, 6.45) is 8.99. The van der Waals surface area contributed by atoms with Gasteiger partial charge in [-0.25, -0.2) is 4.98 Å². The van der Waals surface area contributed by atoms with E-state index in [1.54, 1.807) is 12.4 Å². The number of nitrogens with zero attached hydrogens (tertiary/aromatic N) is 2. The molecule has 2 heterocycles. The van der Waals surface area contributed by atoms with Crippen LogP contribution in [0.15, 0.2) is 12.4 Å². The van der Waals surface area contributed by atoms with Crippen molar-refractivity contribution in [2.24, 2.45) is 0 Å². The first kappa shape index (κ1) is 12.5. The van der Waals surface area contributed by atoms with Gasteiger partial charge in [0.2, 0.25) is 0 Å². The van der Waals surface area contributed by atoms with E-state index < -0.39 is 0 Å². The van der Waals surface area contributed by atoms with E-state index in [9.17, 15) is 4.79 Å². The van der Waals surface area contributed by atoms with Crippen LogP contribution in [0.4, 0.5) is 0 Å². The molecule has 2 N–H and O–H groups in total. The van der Waals surface area contributed by atoms with Crippen molar-refractivity contribution in [3.8, 4) is 0 Å². The van der Waals surface area contributed by atoms with Crippen LogP contribution in [0.1, 0.15) is 48.3 Å². The zero-order chi connectivity index (χ0) is 13.3. The van der Waals surface area contributed by atoms with Gasteiger partial charge in [0.25, 0.3) is 5.91 Å². The van der Waals surface area contributed by atoms with Crippen LogP contribution in [-0.2, 0) is 0 Å². The normalized spacial score (nSPS) is 24.8. The molecule has 1 saturated heterocycles. The molecule has 19 heavy (non-hydrogen) atoms. The second-order valence-electron chi connectivity index (χ2n) is 5.77. The molecule has 2 aliphatic rings. The number of hydrogen-bond donors (Lipinski definition) is 2. The Kier molecular flexibility index (Phi) is 3.22. The van der Waals surface area contributed by atoms with E-state index >= 15 is 0 Å². The lowest BCUT2D eigenvalue weighted by Crippen LogP contribution is -2.59. The number of amides is 1. The van der Waals surface area contributed by atoms with Crippen molar-refractivity contribution in [3.63, 3.8) is 0 Å². The lowest BCUT2D eigenvalue weighted by molar-refractivity contribution is 0.0848. The van der Waals surface area contributed by atoms with Crippen LogP contribution in [0, 0.1) is 6.92 Å². The molecule has 102 valence electrons. The van der Waals surface area contributed by atoms with Crippen LogP contribution < -0.4 is 10.6 Å². The van der Waals surface area contributed by atoms with E-state index in [1.165, 1.54) is 19.3 Å². The van der Waals surface area contributed by atoms with Crippen LogP contribution in [0.3, 0.4) is 0 Å². The highest BCUT2D eigenvalue weighted by atomic mass is 16.1. The number of carbonyl (C=O) groups is 1. The van der Waals surface area contributed by atoms with Crippen molar-refractivity contribution in [1.29, 1.82) is 0 Å². The average molecular weight is 260 g/mol. The molecule has 2 fully saturated rings. The fourth-order valence-corrected chi connectivity index (χ4v) is 3.03. The van der Waals surface area contributed by atoms with Gasteiger partial charge in [-0.1, -0.05) is 0 Å². The van der Waals surface area contributed by atoms with Gasteiger partial charge < -0.3 is 10.6 Å². The fraction of sp³-hybridized carbons (Fsp3) is 0.643. The van der Waals surface area contributed by atoms with Crippen molar-refractivity contribution in [3.05, 3.63) is 23.8 Å². The Labute approximate surface area is 113 Å². The molecule has 5 heteroatoms. The molecule has 1 amide bonds. The van der Waals surface area contributed by atoms with Gasteiger partial charge in [0.05, 0.1) is 11.9 Å². The summed E-state index contributed by atoms with van der Waals surface area (Å²) in [5.41, 5.74) is 1.54. The molecule has 1 aromatic heterocycles. The second-order valence-corrected chi connectivity index (χ2v) is 5.77.